The maximum Gasteiger partial charge on any atom is 0.122 e. The topological polar surface area (TPSA) is 49.7 Å². The number of hydrogen-bond donors (Lipinski definition) is 2. The Hall–Kier alpha value is -0.640. The van der Waals surface area contributed by atoms with Crippen LogP contribution in [0.15, 0.2) is 24.3 Å². The quantitative estimate of drug-likeness (QED) is 0.429. The zero-order valence-electron chi connectivity index (χ0n) is 15.5. The van der Waals surface area contributed by atoms with Gasteiger partial charge in [-0.05, 0) is 68.3 Å². The lowest BCUT2D eigenvalue weighted by Crippen LogP contribution is -2.53. The molecular weight excluding hydrogens is 288 g/mol. The van der Waals surface area contributed by atoms with Crippen LogP contribution in [0, 0.1) is 16.7 Å². The molecule has 0 heterocycles. The summed E-state index contributed by atoms with van der Waals surface area (Å²) < 4.78 is 0. The molecule has 0 amide bonds. The average molecular weight is 322 g/mol. The van der Waals surface area contributed by atoms with Crippen LogP contribution >= 0.6 is 0 Å². The predicted octanol–water partition coefficient (Wildman–Crippen LogP) is 5.11. The van der Waals surface area contributed by atoms with Gasteiger partial charge in [-0.25, -0.2) is 4.89 Å². The van der Waals surface area contributed by atoms with Crippen molar-refractivity contribution in [2.24, 2.45) is 16.7 Å². The number of aliphatic hydroxyl groups is 1. The molecule has 0 bridgehead atoms. The highest BCUT2D eigenvalue weighted by atomic mass is 17.1. The van der Waals surface area contributed by atoms with E-state index in [1.54, 1.807) is 13.0 Å². The zero-order valence-corrected chi connectivity index (χ0v) is 15.5. The summed E-state index contributed by atoms with van der Waals surface area (Å²) in [6, 6.07) is 0. The Kier molecular flexibility index (Phi) is 4.89. The fourth-order valence-corrected chi connectivity index (χ4v) is 5.25. The van der Waals surface area contributed by atoms with Crippen molar-refractivity contribution in [3.05, 3.63) is 24.3 Å². The number of rotatable bonds is 4. The molecule has 2 N–H and O–H groups in total. The van der Waals surface area contributed by atoms with Crippen LogP contribution in [-0.4, -0.2) is 21.6 Å². The van der Waals surface area contributed by atoms with Crippen molar-refractivity contribution in [3.8, 4) is 0 Å². The first-order chi connectivity index (χ1) is 10.5. The molecule has 0 radical (unpaired) electrons. The van der Waals surface area contributed by atoms with Crippen molar-refractivity contribution in [3.63, 3.8) is 0 Å². The maximum atomic E-state index is 10.3. The second-order valence-electron chi connectivity index (χ2n) is 9.06. The molecule has 0 saturated heterocycles. The van der Waals surface area contributed by atoms with E-state index in [1.807, 2.05) is 6.92 Å². The largest absolute Gasteiger partial charge is 0.386 e. The Balaban J connectivity index is 2.46. The standard InChI is InChI=1S/C20H34O3/c1-7-18(4,21)13-9-16-19(5)12-8-11-17(2,3)15(19)10-14-20(16,6)23-22/h7,9,15,21-22H,1,8,10-14H2,2-6H3. The van der Waals surface area contributed by atoms with E-state index in [-0.39, 0.29) is 5.41 Å². The van der Waals surface area contributed by atoms with Crippen LogP contribution in [0.3, 0.4) is 0 Å². The molecule has 0 aromatic carbocycles. The molecule has 2 saturated carbocycles. The van der Waals surface area contributed by atoms with Crippen molar-refractivity contribution in [2.45, 2.75) is 84.3 Å². The Labute approximate surface area is 141 Å². The van der Waals surface area contributed by atoms with E-state index >= 15 is 0 Å². The van der Waals surface area contributed by atoms with E-state index in [0.29, 0.717) is 17.8 Å². The highest BCUT2D eigenvalue weighted by Crippen LogP contribution is 2.62. The number of fused-ring (bicyclic) bond motifs is 1. The minimum atomic E-state index is -0.934. The van der Waals surface area contributed by atoms with Gasteiger partial charge < -0.3 is 5.11 Å². The predicted molar refractivity (Wildman–Crippen MR) is 94.1 cm³/mol. The molecule has 132 valence electrons. The fraction of sp³-hybridized carbons (Fsp3) is 0.800. The lowest BCUT2D eigenvalue weighted by Gasteiger charge is -2.58. The first-order valence-electron chi connectivity index (χ1n) is 8.90. The molecule has 2 aliphatic carbocycles. The molecular formula is C20H34O3. The average Bonchev–Trinajstić information content (AvgIpc) is 2.45. The van der Waals surface area contributed by atoms with Gasteiger partial charge in [0.15, 0.2) is 0 Å². The van der Waals surface area contributed by atoms with Gasteiger partial charge in [0.25, 0.3) is 0 Å². The number of hydrogen-bond acceptors (Lipinski definition) is 3. The van der Waals surface area contributed by atoms with Crippen molar-refractivity contribution in [2.75, 3.05) is 0 Å². The summed E-state index contributed by atoms with van der Waals surface area (Å²) in [7, 11) is 0. The third-order valence-electron chi connectivity index (χ3n) is 6.69. The molecule has 0 spiro atoms. The lowest BCUT2D eigenvalue weighted by molar-refractivity contribution is -0.318. The summed E-state index contributed by atoms with van der Waals surface area (Å²) >= 11 is 0. The highest BCUT2D eigenvalue weighted by Gasteiger charge is 2.56. The summed E-state index contributed by atoms with van der Waals surface area (Å²) in [5, 5.41) is 19.9. The van der Waals surface area contributed by atoms with E-state index in [1.165, 1.54) is 12.8 Å². The van der Waals surface area contributed by atoms with Crippen molar-refractivity contribution in [1.82, 2.24) is 0 Å². The van der Waals surface area contributed by atoms with Gasteiger partial charge in [0.05, 0.1) is 5.60 Å². The van der Waals surface area contributed by atoms with Crippen LogP contribution in [0.4, 0.5) is 0 Å². The Bertz CT molecular complexity index is 491. The van der Waals surface area contributed by atoms with E-state index in [4.69, 9.17) is 4.89 Å². The van der Waals surface area contributed by atoms with Crippen LogP contribution in [0.5, 0.6) is 0 Å². The molecule has 4 unspecified atom stereocenters. The summed E-state index contributed by atoms with van der Waals surface area (Å²) in [6.45, 7) is 14.5. The molecule has 3 nitrogen and oxygen atoms in total. The SMILES string of the molecule is C=CC(C)(O)CC=C1C(C)(OO)CCC2C(C)(C)CCCC12C. The van der Waals surface area contributed by atoms with E-state index in [9.17, 15) is 10.4 Å². The molecule has 0 aliphatic heterocycles. The van der Waals surface area contributed by atoms with Crippen LogP contribution in [-0.2, 0) is 4.89 Å². The van der Waals surface area contributed by atoms with Crippen molar-refractivity contribution in [1.29, 1.82) is 0 Å². The zero-order chi connectivity index (χ0) is 17.5. The van der Waals surface area contributed by atoms with Gasteiger partial charge in [0.1, 0.15) is 5.60 Å². The summed E-state index contributed by atoms with van der Waals surface area (Å²) in [5.74, 6) is 0.576. The van der Waals surface area contributed by atoms with Gasteiger partial charge in [-0.3, -0.25) is 5.26 Å². The molecule has 23 heavy (non-hydrogen) atoms. The van der Waals surface area contributed by atoms with Crippen molar-refractivity contribution >= 4 is 0 Å². The van der Waals surface area contributed by atoms with E-state index < -0.39 is 11.2 Å². The summed E-state index contributed by atoms with van der Waals surface area (Å²) in [5.41, 5.74) is -0.135. The Morgan fingerprint density at radius 3 is 2.48 bits per heavy atom. The lowest BCUT2D eigenvalue weighted by atomic mass is 9.47. The van der Waals surface area contributed by atoms with Gasteiger partial charge in [0.2, 0.25) is 0 Å². The Morgan fingerprint density at radius 2 is 1.91 bits per heavy atom. The van der Waals surface area contributed by atoms with Gasteiger partial charge in [-0.15, -0.1) is 6.58 Å². The van der Waals surface area contributed by atoms with Crippen molar-refractivity contribution < 1.29 is 15.3 Å². The van der Waals surface area contributed by atoms with Crippen LogP contribution in [0.2, 0.25) is 0 Å². The highest BCUT2D eigenvalue weighted by molar-refractivity contribution is 5.30. The second kappa shape index (κ2) is 6.02. The fourth-order valence-electron chi connectivity index (χ4n) is 5.25. The van der Waals surface area contributed by atoms with Gasteiger partial charge in [0, 0.05) is 0 Å². The minimum Gasteiger partial charge on any atom is -0.386 e. The molecule has 3 heteroatoms. The molecule has 2 fully saturated rings. The monoisotopic (exact) mass is 322 g/mol. The van der Waals surface area contributed by atoms with E-state index in [0.717, 1.165) is 24.8 Å². The third kappa shape index (κ3) is 3.29. The van der Waals surface area contributed by atoms with E-state index in [2.05, 4.69) is 33.4 Å². The molecule has 2 rings (SSSR count). The molecule has 2 aliphatic rings. The normalized spacial score (nSPS) is 41.2. The Morgan fingerprint density at radius 1 is 1.26 bits per heavy atom. The molecule has 0 aromatic heterocycles. The summed E-state index contributed by atoms with van der Waals surface area (Å²) in [4.78, 5) is 5.00. The smallest absolute Gasteiger partial charge is 0.122 e. The van der Waals surface area contributed by atoms with Crippen LogP contribution in [0.25, 0.3) is 0 Å². The third-order valence-corrected chi connectivity index (χ3v) is 6.69. The van der Waals surface area contributed by atoms with Gasteiger partial charge in [-0.2, -0.15) is 0 Å². The second-order valence-corrected chi connectivity index (χ2v) is 9.06. The molecule has 0 aromatic rings. The maximum absolute atomic E-state index is 10.3. The minimum absolute atomic E-state index is 0.00866. The van der Waals surface area contributed by atoms with Gasteiger partial charge >= 0.3 is 0 Å². The van der Waals surface area contributed by atoms with Crippen LogP contribution in [0.1, 0.15) is 73.1 Å². The molecule has 4 atom stereocenters. The first-order valence-corrected chi connectivity index (χ1v) is 8.90. The summed E-state index contributed by atoms with van der Waals surface area (Å²) in [6.07, 6.45) is 9.61. The van der Waals surface area contributed by atoms with Gasteiger partial charge in [-0.1, -0.05) is 39.3 Å². The van der Waals surface area contributed by atoms with Crippen LogP contribution < -0.4 is 0 Å². The first kappa shape index (κ1) is 18.7.